The van der Waals surface area contributed by atoms with Crippen LogP contribution in [0.5, 0.6) is 11.5 Å². The Morgan fingerprint density at radius 3 is 2.63 bits per heavy atom. The minimum Gasteiger partial charge on any atom is -0.493 e. The number of ether oxygens (including phenoxy) is 2. The Morgan fingerprint density at radius 1 is 1.32 bits per heavy atom. The van der Waals surface area contributed by atoms with Gasteiger partial charge in [0, 0.05) is 6.54 Å². The monoisotopic (exact) mass is 329 g/mol. The Labute approximate surface area is 124 Å². The lowest BCUT2D eigenvalue weighted by Crippen LogP contribution is -2.16. The summed E-state index contributed by atoms with van der Waals surface area (Å²) in [6, 6.07) is 4.11. The van der Waals surface area contributed by atoms with E-state index in [4.69, 9.17) is 9.47 Å². The first-order valence-corrected chi connectivity index (χ1v) is 7.57. The molecule has 19 heavy (non-hydrogen) atoms. The Balaban J connectivity index is 2.67. The fourth-order valence-corrected chi connectivity index (χ4v) is 2.39. The van der Waals surface area contributed by atoms with E-state index in [0.29, 0.717) is 6.61 Å². The molecule has 3 nitrogen and oxygen atoms in total. The van der Waals surface area contributed by atoms with Gasteiger partial charge in [-0.1, -0.05) is 13.8 Å². The van der Waals surface area contributed by atoms with Crippen LogP contribution in [-0.2, 0) is 6.54 Å². The van der Waals surface area contributed by atoms with Crippen LogP contribution >= 0.6 is 15.9 Å². The van der Waals surface area contributed by atoms with Gasteiger partial charge in [0.15, 0.2) is 11.5 Å². The summed E-state index contributed by atoms with van der Waals surface area (Å²) in [5, 5.41) is 3.45. The third kappa shape index (κ3) is 5.41. The molecule has 0 bridgehead atoms. The molecule has 0 fully saturated rings. The summed E-state index contributed by atoms with van der Waals surface area (Å²) >= 11 is 3.54. The highest BCUT2D eigenvalue weighted by Crippen LogP contribution is 2.36. The average Bonchev–Trinajstić information content (AvgIpc) is 2.37. The Kier molecular flexibility index (Phi) is 7.24. The zero-order chi connectivity index (χ0) is 14.3. The van der Waals surface area contributed by atoms with Crippen LogP contribution in [0.2, 0.25) is 0 Å². The van der Waals surface area contributed by atoms with Crippen LogP contribution in [-0.4, -0.2) is 20.3 Å². The second-order valence-electron chi connectivity index (χ2n) is 4.90. The molecule has 0 radical (unpaired) electrons. The van der Waals surface area contributed by atoms with Crippen molar-refractivity contribution in [2.24, 2.45) is 5.92 Å². The molecule has 0 spiro atoms. The molecule has 0 unspecified atom stereocenters. The SMILES string of the molecule is CCOc1c(Br)cc(CNCCC(C)C)cc1OC. The van der Waals surface area contributed by atoms with Gasteiger partial charge in [0.2, 0.25) is 0 Å². The molecular weight excluding hydrogens is 306 g/mol. The lowest BCUT2D eigenvalue weighted by Gasteiger charge is -2.14. The van der Waals surface area contributed by atoms with Crippen molar-refractivity contribution in [1.29, 1.82) is 0 Å². The molecule has 0 amide bonds. The van der Waals surface area contributed by atoms with E-state index >= 15 is 0 Å². The first-order chi connectivity index (χ1) is 9.08. The van der Waals surface area contributed by atoms with Gasteiger partial charge in [0.05, 0.1) is 18.2 Å². The lowest BCUT2D eigenvalue weighted by molar-refractivity contribution is 0.308. The van der Waals surface area contributed by atoms with Gasteiger partial charge in [-0.25, -0.2) is 0 Å². The van der Waals surface area contributed by atoms with Crippen LogP contribution < -0.4 is 14.8 Å². The van der Waals surface area contributed by atoms with Crippen molar-refractivity contribution in [3.63, 3.8) is 0 Å². The van der Waals surface area contributed by atoms with Crippen molar-refractivity contribution in [2.75, 3.05) is 20.3 Å². The fourth-order valence-electron chi connectivity index (χ4n) is 1.78. The Morgan fingerprint density at radius 2 is 2.05 bits per heavy atom. The summed E-state index contributed by atoms with van der Waals surface area (Å²) in [5.74, 6) is 2.28. The van der Waals surface area contributed by atoms with Gasteiger partial charge in [-0.3, -0.25) is 0 Å². The van der Waals surface area contributed by atoms with Gasteiger partial charge in [0.1, 0.15) is 0 Å². The summed E-state index contributed by atoms with van der Waals surface area (Å²) < 4.78 is 11.9. The van der Waals surface area contributed by atoms with Gasteiger partial charge >= 0.3 is 0 Å². The van der Waals surface area contributed by atoms with E-state index in [9.17, 15) is 0 Å². The van der Waals surface area contributed by atoms with E-state index in [1.165, 1.54) is 12.0 Å². The standard InChI is InChI=1S/C15H24BrNO2/c1-5-19-15-13(16)8-12(9-14(15)18-4)10-17-7-6-11(2)3/h8-9,11,17H,5-7,10H2,1-4H3. The van der Waals surface area contributed by atoms with Gasteiger partial charge in [-0.15, -0.1) is 0 Å². The molecule has 1 rings (SSSR count). The number of methoxy groups -OCH3 is 1. The minimum absolute atomic E-state index is 0.626. The maximum absolute atomic E-state index is 5.58. The molecule has 1 N–H and O–H groups in total. The molecule has 0 aliphatic carbocycles. The van der Waals surface area contributed by atoms with Crippen molar-refractivity contribution in [2.45, 2.75) is 33.7 Å². The highest BCUT2D eigenvalue weighted by atomic mass is 79.9. The van der Waals surface area contributed by atoms with E-state index in [-0.39, 0.29) is 0 Å². The minimum atomic E-state index is 0.626. The first-order valence-electron chi connectivity index (χ1n) is 6.78. The van der Waals surface area contributed by atoms with Gasteiger partial charge in [0.25, 0.3) is 0 Å². The van der Waals surface area contributed by atoms with Crippen LogP contribution in [0.1, 0.15) is 32.8 Å². The zero-order valence-corrected chi connectivity index (χ0v) is 13.8. The molecule has 1 aromatic carbocycles. The normalized spacial score (nSPS) is 10.8. The molecule has 4 heteroatoms. The van der Waals surface area contributed by atoms with E-state index in [0.717, 1.165) is 35.0 Å². The highest BCUT2D eigenvalue weighted by molar-refractivity contribution is 9.10. The average molecular weight is 330 g/mol. The van der Waals surface area contributed by atoms with E-state index in [1.54, 1.807) is 7.11 Å². The maximum Gasteiger partial charge on any atom is 0.175 e. The second-order valence-corrected chi connectivity index (χ2v) is 5.76. The van der Waals surface area contributed by atoms with Crippen molar-refractivity contribution >= 4 is 15.9 Å². The zero-order valence-electron chi connectivity index (χ0n) is 12.3. The molecule has 0 saturated heterocycles. The number of hydrogen-bond donors (Lipinski definition) is 1. The van der Waals surface area contributed by atoms with Crippen molar-refractivity contribution in [3.8, 4) is 11.5 Å². The van der Waals surface area contributed by atoms with E-state index in [1.807, 2.05) is 13.0 Å². The number of hydrogen-bond acceptors (Lipinski definition) is 3. The molecule has 1 aromatic rings. The molecule has 0 atom stereocenters. The Bertz CT molecular complexity index is 394. The number of benzene rings is 1. The quantitative estimate of drug-likeness (QED) is 0.731. The number of rotatable bonds is 8. The van der Waals surface area contributed by atoms with Gasteiger partial charge in [-0.05, 0) is 59.4 Å². The summed E-state index contributed by atoms with van der Waals surface area (Å²) in [5.41, 5.74) is 1.19. The van der Waals surface area contributed by atoms with Gasteiger partial charge < -0.3 is 14.8 Å². The predicted octanol–water partition coefficient (Wildman–Crippen LogP) is 3.99. The van der Waals surface area contributed by atoms with Crippen LogP contribution in [0.3, 0.4) is 0 Å². The van der Waals surface area contributed by atoms with Gasteiger partial charge in [-0.2, -0.15) is 0 Å². The largest absolute Gasteiger partial charge is 0.493 e. The van der Waals surface area contributed by atoms with Crippen molar-refractivity contribution in [3.05, 3.63) is 22.2 Å². The van der Waals surface area contributed by atoms with Crippen molar-refractivity contribution < 1.29 is 9.47 Å². The summed E-state index contributed by atoms with van der Waals surface area (Å²) in [4.78, 5) is 0. The topological polar surface area (TPSA) is 30.5 Å². The molecular formula is C15H24BrNO2. The maximum atomic E-state index is 5.58. The third-order valence-electron chi connectivity index (χ3n) is 2.81. The number of nitrogens with one attached hydrogen (secondary N) is 1. The summed E-state index contributed by atoms with van der Waals surface area (Å²) in [7, 11) is 1.67. The van der Waals surface area contributed by atoms with Crippen LogP contribution in [0.15, 0.2) is 16.6 Å². The summed E-state index contributed by atoms with van der Waals surface area (Å²) in [6.07, 6.45) is 1.19. The summed E-state index contributed by atoms with van der Waals surface area (Å²) in [6.45, 7) is 8.93. The fraction of sp³-hybridized carbons (Fsp3) is 0.600. The Hall–Kier alpha value is -0.740. The molecule has 0 heterocycles. The van der Waals surface area contributed by atoms with E-state index < -0.39 is 0 Å². The first kappa shape index (κ1) is 16.3. The molecule has 0 saturated carbocycles. The predicted molar refractivity (Wildman–Crippen MR) is 83.0 cm³/mol. The molecule has 0 aliphatic heterocycles. The van der Waals surface area contributed by atoms with Crippen LogP contribution in [0, 0.1) is 5.92 Å². The molecule has 0 aromatic heterocycles. The number of halogens is 1. The van der Waals surface area contributed by atoms with Crippen LogP contribution in [0.4, 0.5) is 0 Å². The highest BCUT2D eigenvalue weighted by Gasteiger charge is 2.11. The van der Waals surface area contributed by atoms with Crippen LogP contribution in [0.25, 0.3) is 0 Å². The second kappa shape index (κ2) is 8.43. The molecule has 0 aliphatic rings. The smallest absolute Gasteiger partial charge is 0.175 e. The van der Waals surface area contributed by atoms with E-state index in [2.05, 4.69) is 41.2 Å². The van der Waals surface area contributed by atoms with Crippen molar-refractivity contribution in [1.82, 2.24) is 5.32 Å². The lowest BCUT2D eigenvalue weighted by atomic mass is 10.1. The molecule has 108 valence electrons. The third-order valence-corrected chi connectivity index (χ3v) is 3.39.